The Morgan fingerprint density at radius 1 is 0.368 bits per heavy atom. The van der Waals surface area contributed by atoms with Crippen molar-refractivity contribution in [2.24, 2.45) is 28.2 Å². The van der Waals surface area contributed by atoms with E-state index in [-0.39, 0.29) is 101 Å². The average molecular weight is 1900 g/mol. The predicted molar refractivity (Wildman–Crippen MR) is 523 cm³/mol. The van der Waals surface area contributed by atoms with Gasteiger partial charge in [-0.15, -0.1) is 0 Å². The molecule has 36 nitrogen and oxygen atoms in total. The van der Waals surface area contributed by atoms with Crippen LogP contribution in [0.5, 0.6) is 23.0 Å². The molecular formula is C93H109Cl4N23O13. The first kappa shape index (κ1) is 97.8. The fourth-order valence-corrected chi connectivity index (χ4v) is 15.9. The highest BCUT2D eigenvalue weighted by atomic mass is 35.5. The van der Waals surface area contributed by atoms with Crippen molar-refractivity contribution in [2.75, 3.05) is 186 Å². The van der Waals surface area contributed by atoms with Crippen LogP contribution in [0.15, 0.2) is 141 Å². The quantitative estimate of drug-likeness (QED) is 0.0338. The molecule has 4 N–H and O–H groups in total. The number of unbranched alkanes of at least 4 members (excludes halogenated alkanes) is 1. The standard InChI is InChI=1S/C25H31ClN6O3.C23H27ClN6O3.C23H26ClN5O4.C22H25ClN6O3/c1-4-5-8-31-9-11-32(12-10-31)25-27-15-20(26)23(29-25)28-19-6-7-21-18(13-19)14-22(24(34)30(21)3)35-16-17(2)33;1-4-29-7-9-30(10-8-29)23-25-13-18(24)21(27-23)26-17-5-6-19-16(11-17)12-20(22(32)28(19)3)33-14-15(2)31;1-14(30)13-33-20-11-15-10-16(4-5-19(15)28(2)22(20)31)26-21-18(24)12-25-23(27-21)29-8-6-17(32-3)7-9-29;1-14(30)13-32-19-11-15-10-16(4-5-18(15)28(3)21(19)31)25-20-17(23)12-24-22(26-20)29-8-6-27(2)7-9-29/h6-7,13-15H,4-5,8-12,16H2,1-3H3,(H,27,28,29);5-6,11-13H,4,7-10,14H2,1-3H3,(H,25,26,27);4-5,10-12,17H,6-9,13H2,1-3H3,(H,25,26,27);4-5,10-12H,6-9,13H2,1-3H3,(H,24,25,26). The summed E-state index contributed by atoms with van der Waals surface area (Å²) in [7, 11) is 10.5. The number of anilines is 12. The van der Waals surface area contributed by atoms with Gasteiger partial charge in [0.1, 0.15) is 46.5 Å². The van der Waals surface area contributed by atoms with Crippen molar-refractivity contribution in [3.63, 3.8) is 0 Å². The van der Waals surface area contributed by atoms with Gasteiger partial charge < -0.3 is 92.6 Å². The number of piperidine rings is 1. The van der Waals surface area contributed by atoms with E-state index in [1.165, 1.54) is 58.8 Å². The topological polar surface area (TPSA) is 376 Å². The maximum absolute atomic E-state index is 12.5. The molecular weight excluding hydrogens is 1790 g/mol. The lowest BCUT2D eigenvalue weighted by atomic mass is 10.1. The van der Waals surface area contributed by atoms with E-state index in [0.29, 0.717) is 67.2 Å². The Balaban J connectivity index is 0.000000151. The molecule has 0 saturated carbocycles. The number of piperazine rings is 3. The van der Waals surface area contributed by atoms with Crippen LogP contribution in [-0.2, 0) is 52.1 Å². The third-order valence-corrected chi connectivity index (χ3v) is 24.0. The summed E-state index contributed by atoms with van der Waals surface area (Å²) >= 11 is 25.5. The Labute approximate surface area is 788 Å². The molecule has 0 amide bonds. The van der Waals surface area contributed by atoms with Crippen LogP contribution in [0.3, 0.4) is 0 Å². The molecule has 0 unspecified atom stereocenters. The van der Waals surface area contributed by atoms with Gasteiger partial charge in [-0.3, -0.25) is 43.3 Å². The summed E-state index contributed by atoms with van der Waals surface area (Å²) in [6.07, 6.45) is 10.9. The lowest BCUT2D eigenvalue weighted by Gasteiger charge is -2.34. The smallest absolute Gasteiger partial charge is 0.293 e. The summed E-state index contributed by atoms with van der Waals surface area (Å²) in [5.41, 5.74) is 4.76. The molecule has 40 heteroatoms. The molecule has 8 aromatic heterocycles. The molecule has 4 aromatic carbocycles. The minimum Gasteiger partial charge on any atom is -0.480 e. The number of pyridine rings is 4. The van der Waals surface area contributed by atoms with Crippen LogP contribution in [0, 0.1) is 0 Å². The average Bonchev–Trinajstić information content (AvgIpc) is 0.795. The highest BCUT2D eigenvalue weighted by Gasteiger charge is 2.27. The lowest BCUT2D eigenvalue weighted by Crippen LogP contribution is -2.47. The number of nitrogens with zero attached hydrogens (tertiary/aromatic N) is 19. The van der Waals surface area contributed by atoms with Gasteiger partial charge in [-0.1, -0.05) is 66.7 Å². The summed E-state index contributed by atoms with van der Waals surface area (Å²) in [4.78, 5) is 147. The van der Waals surface area contributed by atoms with E-state index in [0.717, 1.165) is 184 Å². The number of halogens is 4. The lowest BCUT2D eigenvalue weighted by molar-refractivity contribution is -0.119. The first-order chi connectivity index (χ1) is 63.9. The van der Waals surface area contributed by atoms with Crippen molar-refractivity contribution >= 4 is 183 Å². The molecule has 0 bridgehead atoms. The number of ether oxygens (including phenoxy) is 5. The number of hydrogen-bond donors (Lipinski definition) is 4. The Bertz CT molecular complexity index is 6320. The zero-order chi connectivity index (χ0) is 94.8. The first-order valence-electron chi connectivity index (χ1n) is 43.8. The highest BCUT2D eigenvalue weighted by molar-refractivity contribution is 6.34. The largest absolute Gasteiger partial charge is 0.480 e. The van der Waals surface area contributed by atoms with Crippen LogP contribution in [0.4, 0.5) is 69.8 Å². The molecule has 16 rings (SSSR count). The number of aryl methyl sites for hydroxylation is 4. The highest BCUT2D eigenvalue weighted by Crippen LogP contribution is 2.35. The summed E-state index contributed by atoms with van der Waals surface area (Å²) in [6, 6.07) is 28.9. The molecule has 4 fully saturated rings. The maximum atomic E-state index is 12.5. The summed E-state index contributed by atoms with van der Waals surface area (Å²) < 4.78 is 33.1. The zero-order valence-corrected chi connectivity index (χ0v) is 79.4. The van der Waals surface area contributed by atoms with Crippen LogP contribution in [-0.4, -0.2) is 247 Å². The van der Waals surface area contributed by atoms with Crippen LogP contribution >= 0.6 is 46.4 Å². The Hall–Kier alpha value is -12.7. The molecule has 12 heterocycles. The molecule has 0 atom stereocenters. The first-order valence-corrected chi connectivity index (χ1v) is 45.3. The fourth-order valence-electron chi connectivity index (χ4n) is 15.3. The number of methoxy groups -OCH3 is 1. The predicted octanol–water partition coefficient (Wildman–Crippen LogP) is 12.2. The summed E-state index contributed by atoms with van der Waals surface area (Å²) in [5.74, 6) is 4.45. The minimum atomic E-state index is -0.301. The van der Waals surface area contributed by atoms with E-state index < -0.39 is 0 Å². The van der Waals surface area contributed by atoms with Gasteiger partial charge in [0.05, 0.1) is 53.0 Å². The van der Waals surface area contributed by atoms with Crippen LogP contribution in [0.1, 0.15) is 67.2 Å². The van der Waals surface area contributed by atoms with Gasteiger partial charge in [0.15, 0.2) is 69.4 Å². The third-order valence-electron chi connectivity index (χ3n) is 22.9. The monoisotopic (exact) mass is 1900 g/mol. The van der Waals surface area contributed by atoms with Crippen molar-refractivity contribution in [2.45, 2.75) is 73.3 Å². The van der Waals surface area contributed by atoms with Gasteiger partial charge in [0.25, 0.3) is 22.2 Å². The number of ketones is 4. The summed E-state index contributed by atoms with van der Waals surface area (Å²) in [6.45, 7) is 24.2. The van der Waals surface area contributed by atoms with Gasteiger partial charge >= 0.3 is 0 Å². The molecule has 702 valence electrons. The van der Waals surface area contributed by atoms with Crippen LogP contribution < -0.4 is 82.1 Å². The number of likely N-dealkylation sites (N-methyl/N-ethyl adjacent to an activating group) is 2. The van der Waals surface area contributed by atoms with Crippen molar-refractivity contribution in [3.05, 3.63) is 183 Å². The minimum absolute atomic E-state index is 0.124. The Morgan fingerprint density at radius 2 is 0.632 bits per heavy atom. The molecule has 0 spiro atoms. The van der Waals surface area contributed by atoms with Crippen molar-refractivity contribution in [1.29, 1.82) is 0 Å². The molecule has 0 radical (unpaired) electrons. The van der Waals surface area contributed by atoms with Crippen LogP contribution in [0.2, 0.25) is 20.1 Å². The second kappa shape index (κ2) is 45.2. The molecule has 4 aliphatic rings. The number of nitrogens with one attached hydrogen (secondary N) is 4. The number of aromatic nitrogens is 12. The Morgan fingerprint density at radius 3 is 0.887 bits per heavy atom. The molecule has 4 aliphatic heterocycles. The molecule has 0 aliphatic carbocycles. The van der Waals surface area contributed by atoms with E-state index in [4.69, 9.17) is 75.1 Å². The van der Waals surface area contributed by atoms with Gasteiger partial charge in [-0.2, -0.15) is 19.9 Å². The van der Waals surface area contributed by atoms with E-state index in [9.17, 15) is 38.4 Å². The van der Waals surface area contributed by atoms with E-state index in [1.807, 2.05) is 72.8 Å². The van der Waals surface area contributed by atoms with Crippen LogP contribution in [0.25, 0.3) is 43.6 Å². The number of rotatable bonds is 29. The number of carbonyl (C=O) groups excluding carboxylic acids is 4. The van der Waals surface area contributed by atoms with E-state index in [1.54, 1.807) is 84.4 Å². The van der Waals surface area contributed by atoms with E-state index in [2.05, 4.69) is 111 Å². The molecule has 4 saturated heterocycles. The second-order valence-electron chi connectivity index (χ2n) is 32.8. The third kappa shape index (κ3) is 25.2. The Kier molecular flexibility index (Phi) is 33.2. The second-order valence-corrected chi connectivity index (χ2v) is 34.5. The van der Waals surface area contributed by atoms with Gasteiger partial charge in [0.2, 0.25) is 23.8 Å². The van der Waals surface area contributed by atoms with Gasteiger partial charge in [-0.05, 0) is 164 Å². The number of benzene rings is 4. The van der Waals surface area contributed by atoms with Crippen molar-refractivity contribution in [3.8, 4) is 23.0 Å². The number of hydrogen-bond acceptors (Lipinski definition) is 32. The molecule has 133 heavy (non-hydrogen) atoms. The van der Waals surface area contributed by atoms with Crippen molar-refractivity contribution < 1.29 is 42.9 Å². The summed E-state index contributed by atoms with van der Waals surface area (Å²) in [5, 5.41) is 17.8. The number of Topliss-reactive ketones (excluding diaryl/α,β-unsaturated/α-hetero) is 4. The zero-order valence-electron chi connectivity index (χ0n) is 76.4. The maximum Gasteiger partial charge on any atom is 0.293 e. The fraction of sp³-hybridized carbons (Fsp3) is 0.398. The van der Waals surface area contributed by atoms with Crippen molar-refractivity contribution in [1.82, 2.24) is 72.8 Å². The normalized spacial score (nSPS) is 14.5. The van der Waals surface area contributed by atoms with E-state index >= 15 is 0 Å². The molecule has 12 aromatic rings. The number of fused-ring (bicyclic) bond motifs is 4. The van der Waals surface area contributed by atoms with Gasteiger partial charge in [0, 0.05) is 171 Å². The van der Waals surface area contributed by atoms with Gasteiger partial charge in [-0.25, -0.2) is 19.9 Å². The SMILES string of the molecule is CC(=O)COc1cc2cc(Nc3nc(N4CCN(C)CC4)ncc3Cl)ccc2n(C)c1=O.CCCCN1CCN(c2ncc(Cl)c(Nc3ccc4c(c3)cc(OCC(C)=O)c(=O)n4C)n2)CC1.CCN1CCN(c2ncc(Cl)c(Nc3ccc4c(c3)cc(OCC(C)=O)c(=O)n4C)n2)CC1.COC1CCN(c2ncc(Cl)c(Nc3ccc4c(c3)cc(OCC(C)=O)c(=O)n4C)n2)CC1. The number of carbonyl (C=O) groups is 4.